The maximum atomic E-state index is 13.0. The van der Waals surface area contributed by atoms with Crippen molar-refractivity contribution in [2.75, 3.05) is 0 Å². The highest BCUT2D eigenvalue weighted by molar-refractivity contribution is 7.18. The lowest BCUT2D eigenvalue weighted by atomic mass is 10.0. The van der Waals surface area contributed by atoms with Crippen molar-refractivity contribution in [3.8, 4) is 12.3 Å². The normalized spacial score (nSPS) is 11.1. The number of terminal acetylenes is 1. The van der Waals surface area contributed by atoms with Crippen molar-refractivity contribution in [2.45, 2.75) is 26.3 Å². The number of hydrogen-bond donors (Lipinski definition) is 0. The van der Waals surface area contributed by atoms with Crippen LogP contribution < -0.4 is 5.56 Å². The Balaban J connectivity index is 1.91. The second-order valence-corrected chi connectivity index (χ2v) is 7.34. The van der Waals surface area contributed by atoms with Crippen LogP contribution in [0.3, 0.4) is 0 Å². The number of rotatable bonds is 4. The molecule has 0 spiro atoms. The monoisotopic (exact) mass is 358 g/mol. The second-order valence-electron chi connectivity index (χ2n) is 6.22. The summed E-state index contributed by atoms with van der Waals surface area (Å²) in [6, 6.07) is 16.4. The number of thiophene rings is 1. The van der Waals surface area contributed by atoms with Crippen molar-refractivity contribution >= 4 is 32.3 Å². The molecule has 4 heteroatoms. The van der Waals surface area contributed by atoms with E-state index in [1.807, 2.05) is 24.3 Å². The lowest BCUT2D eigenvalue weighted by Crippen LogP contribution is -2.24. The topological polar surface area (TPSA) is 34.9 Å². The molecule has 128 valence electrons. The largest absolute Gasteiger partial charge is 0.284 e. The molecule has 4 rings (SSSR count). The van der Waals surface area contributed by atoms with E-state index in [1.54, 1.807) is 15.9 Å². The molecule has 0 aliphatic rings. The van der Waals surface area contributed by atoms with Gasteiger partial charge in [0, 0.05) is 11.3 Å². The van der Waals surface area contributed by atoms with Gasteiger partial charge in [0.15, 0.2) is 0 Å². The van der Waals surface area contributed by atoms with Crippen molar-refractivity contribution in [3.63, 3.8) is 0 Å². The van der Waals surface area contributed by atoms with Crippen molar-refractivity contribution in [2.24, 2.45) is 0 Å². The lowest BCUT2D eigenvalue weighted by molar-refractivity contribution is 0.721. The molecular formula is C22H18N2OS. The third kappa shape index (κ3) is 2.81. The van der Waals surface area contributed by atoms with Gasteiger partial charge in [-0.2, -0.15) is 0 Å². The van der Waals surface area contributed by atoms with Gasteiger partial charge in [-0.05, 0) is 28.8 Å². The molecule has 0 aliphatic carbocycles. The summed E-state index contributed by atoms with van der Waals surface area (Å²) in [6.07, 6.45) is 7.00. The first-order valence-corrected chi connectivity index (χ1v) is 9.45. The summed E-state index contributed by atoms with van der Waals surface area (Å²) in [5, 5.41) is 3.03. The van der Waals surface area contributed by atoms with Gasteiger partial charge < -0.3 is 0 Å². The first-order valence-electron chi connectivity index (χ1n) is 8.63. The van der Waals surface area contributed by atoms with Gasteiger partial charge in [-0.1, -0.05) is 55.3 Å². The Morgan fingerprint density at radius 2 is 1.96 bits per heavy atom. The molecular weight excluding hydrogens is 340 g/mol. The van der Waals surface area contributed by atoms with Crippen LogP contribution in [-0.2, 0) is 19.4 Å². The molecule has 0 aliphatic heterocycles. The van der Waals surface area contributed by atoms with Gasteiger partial charge in [-0.25, -0.2) is 4.98 Å². The smallest absolute Gasteiger partial charge is 0.263 e. The minimum Gasteiger partial charge on any atom is -0.284 e. The fourth-order valence-corrected chi connectivity index (χ4v) is 4.26. The number of nitrogens with zero attached hydrogens (tertiary/aromatic N) is 2. The zero-order valence-corrected chi connectivity index (χ0v) is 15.3. The summed E-state index contributed by atoms with van der Waals surface area (Å²) in [5.41, 5.74) is 1.10. The predicted octanol–water partition coefficient (Wildman–Crippen LogP) is 4.40. The highest BCUT2D eigenvalue weighted by Crippen LogP contribution is 2.24. The fourth-order valence-electron chi connectivity index (χ4n) is 3.29. The van der Waals surface area contributed by atoms with Gasteiger partial charge in [0.25, 0.3) is 5.56 Å². The number of benzene rings is 2. The minimum atomic E-state index is -0.0425. The number of aryl methyl sites for hydroxylation is 1. The quantitative estimate of drug-likeness (QED) is 0.507. The molecule has 0 radical (unpaired) electrons. The van der Waals surface area contributed by atoms with Crippen LogP contribution in [-0.4, -0.2) is 9.55 Å². The molecule has 2 aromatic heterocycles. The van der Waals surface area contributed by atoms with Crippen molar-refractivity contribution in [1.82, 2.24) is 9.55 Å². The van der Waals surface area contributed by atoms with Crippen LogP contribution in [0.15, 0.2) is 53.3 Å². The summed E-state index contributed by atoms with van der Waals surface area (Å²) in [7, 11) is 0. The summed E-state index contributed by atoms with van der Waals surface area (Å²) in [5.74, 6) is 3.32. The zero-order chi connectivity index (χ0) is 18.1. The molecule has 0 saturated carbocycles. The molecule has 0 atom stereocenters. The highest BCUT2D eigenvalue weighted by atomic mass is 32.1. The number of hydrogen-bond acceptors (Lipinski definition) is 3. The molecule has 2 aromatic carbocycles. The standard InChI is InChI=1S/C22H18N2OS/c1-3-12-24-20(23-21-19(22(24)25)14-17(4-2)26-21)13-16-10-7-9-15-8-5-6-11-18(15)16/h1,5-11,14H,4,12-13H2,2H3. The minimum absolute atomic E-state index is 0.0425. The number of aromatic nitrogens is 2. The molecule has 0 bridgehead atoms. The Morgan fingerprint density at radius 3 is 2.77 bits per heavy atom. The van der Waals surface area contributed by atoms with Crippen molar-refractivity contribution in [3.05, 3.63) is 75.1 Å². The van der Waals surface area contributed by atoms with Crippen LogP contribution in [0.25, 0.3) is 21.0 Å². The lowest BCUT2D eigenvalue weighted by Gasteiger charge is -2.11. The molecule has 0 N–H and O–H groups in total. The van der Waals surface area contributed by atoms with E-state index in [-0.39, 0.29) is 12.1 Å². The van der Waals surface area contributed by atoms with Crippen LogP contribution >= 0.6 is 11.3 Å². The van der Waals surface area contributed by atoms with Gasteiger partial charge in [-0.15, -0.1) is 17.8 Å². The van der Waals surface area contributed by atoms with Gasteiger partial charge in [0.05, 0.1) is 11.9 Å². The first-order chi connectivity index (χ1) is 12.7. The molecule has 2 heterocycles. The maximum absolute atomic E-state index is 13.0. The zero-order valence-electron chi connectivity index (χ0n) is 14.5. The SMILES string of the molecule is C#CCn1c(Cc2cccc3ccccc23)nc2sc(CC)cc2c1=O. The van der Waals surface area contributed by atoms with Gasteiger partial charge in [0.1, 0.15) is 10.7 Å². The van der Waals surface area contributed by atoms with E-state index in [1.165, 1.54) is 15.6 Å². The third-order valence-corrected chi connectivity index (χ3v) is 5.78. The van der Waals surface area contributed by atoms with E-state index < -0.39 is 0 Å². The Kier molecular flexibility index (Phi) is 4.32. The average Bonchev–Trinajstić information content (AvgIpc) is 3.09. The van der Waals surface area contributed by atoms with Crippen molar-refractivity contribution in [1.29, 1.82) is 0 Å². The molecule has 3 nitrogen and oxygen atoms in total. The Bertz CT molecular complexity index is 1210. The van der Waals surface area contributed by atoms with E-state index in [0.717, 1.165) is 22.6 Å². The van der Waals surface area contributed by atoms with Crippen LogP contribution in [0, 0.1) is 12.3 Å². The first kappa shape index (κ1) is 16.6. The van der Waals surface area contributed by atoms with Crippen LogP contribution in [0.1, 0.15) is 23.2 Å². The molecule has 0 unspecified atom stereocenters. The predicted molar refractivity (Wildman–Crippen MR) is 109 cm³/mol. The fraction of sp³-hybridized carbons (Fsp3) is 0.182. The summed E-state index contributed by atoms with van der Waals surface area (Å²) in [4.78, 5) is 19.7. The van der Waals surface area contributed by atoms with E-state index in [0.29, 0.717) is 11.8 Å². The van der Waals surface area contributed by atoms with E-state index in [2.05, 4.69) is 37.1 Å². The Labute approximate surface area is 155 Å². The summed E-state index contributed by atoms with van der Waals surface area (Å²) in [6.45, 7) is 2.32. The van der Waals surface area contributed by atoms with Gasteiger partial charge in [-0.3, -0.25) is 9.36 Å². The molecule has 26 heavy (non-hydrogen) atoms. The molecule has 0 amide bonds. The average molecular weight is 358 g/mol. The van der Waals surface area contributed by atoms with E-state index in [9.17, 15) is 4.79 Å². The maximum Gasteiger partial charge on any atom is 0.263 e. The Morgan fingerprint density at radius 1 is 1.15 bits per heavy atom. The Hall–Kier alpha value is -2.90. The van der Waals surface area contributed by atoms with Gasteiger partial charge >= 0.3 is 0 Å². The molecule has 0 saturated heterocycles. The number of fused-ring (bicyclic) bond motifs is 2. The highest BCUT2D eigenvalue weighted by Gasteiger charge is 2.14. The van der Waals surface area contributed by atoms with E-state index >= 15 is 0 Å². The van der Waals surface area contributed by atoms with E-state index in [4.69, 9.17) is 11.4 Å². The second kappa shape index (κ2) is 6.78. The molecule has 4 aromatic rings. The van der Waals surface area contributed by atoms with Gasteiger partial charge in [0.2, 0.25) is 0 Å². The van der Waals surface area contributed by atoms with Crippen LogP contribution in [0.5, 0.6) is 0 Å². The molecule has 0 fully saturated rings. The third-order valence-electron chi connectivity index (χ3n) is 4.61. The summed E-state index contributed by atoms with van der Waals surface area (Å²) >= 11 is 1.59. The van der Waals surface area contributed by atoms with Crippen LogP contribution in [0.4, 0.5) is 0 Å². The summed E-state index contributed by atoms with van der Waals surface area (Å²) < 4.78 is 1.64. The van der Waals surface area contributed by atoms with Crippen LogP contribution in [0.2, 0.25) is 0 Å². The van der Waals surface area contributed by atoms with Crippen molar-refractivity contribution < 1.29 is 0 Å².